The lowest BCUT2D eigenvalue weighted by Gasteiger charge is -2.26. The molecule has 0 aliphatic heterocycles. The molecule has 0 spiro atoms. The molecule has 1 amide bonds. The summed E-state index contributed by atoms with van der Waals surface area (Å²) >= 11 is 4.59. The van der Waals surface area contributed by atoms with E-state index in [9.17, 15) is 9.59 Å². The second-order valence-corrected chi connectivity index (χ2v) is 7.28. The number of nitrogens with two attached hydrogens (primary N) is 1. The SMILES string of the molecule is CC(C)(C)OC(=O)N[C@@H](CCONC(N)=S)C(=O)OC(C)(C)C. The van der Waals surface area contributed by atoms with Crippen molar-refractivity contribution in [3.05, 3.63) is 0 Å². The highest BCUT2D eigenvalue weighted by Gasteiger charge is 2.28. The van der Waals surface area contributed by atoms with Crippen molar-refractivity contribution in [1.82, 2.24) is 10.8 Å². The Bertz CT molecular complexity index is 429. The zero-order valence-corrected chi connectivity index (χ0v) is 15.3. The van der Waals surface area contributed by atoms with E-state index < -0.39 is 29.3 Å². The van der Waals surface area contributed by atoms with Crippen LogP contribution in [0.25, 0.3) is 0 Å². The van der Waals surface area contributed by atoms with Gasteiger partial charge in [0.15, 0.2) is 5.11 Å². The fourth-order valence-corrected chi connectivity index (χ4v) is 1.43. The van der Waals surface area contributed by atoms with Crippen LogP contribution in [0.5, 0.6) is 0 Å². The molecule has 0 fully saturated rings. The van der Waals surface area contributed by atoms with Gasteiger partial charge < -0.3 is 20.5 Å². The van der Waals surface area contributed by atoms with Crippen molar-refractivity contribution in [1.29, 1.82) is 0 Å². The molecule has 0 aromatic rings. The largest absolute Gasteiger partial charge is 0.458 e. The van der Waals surface area contributed by atoms with Crippen LogP contribution in [0.2, 0.25) is 0 Å². The smallest absolute Gasteiger partial charge is 0.408 e. The van der Waals surface area contributed by atoms with Gasteiger partial charge in [-0.3, -0.25) is 4.84 Å². The van der Waals surface area contributed by atoms with Crippen molar-refractivity contribution >= 4 is 29.4 Å². The third-order valence-electron chi connectivity index (χ3n) is 2.06. The van der Waals surface area contributed by atoms with Gasteiger partial charge in [0, 0.05) is 6.42 Å². The molecule has 0 radical (unpaired) electrons. The maximum absolute atomic E-state index is 12.2. The van der Waals surface area contributed by atoms with E-state index in [1.165, 1.54) is 0 Å². The number of nitrogens with one attached hydrogen (secondary N) is 2. The number of alkyl carbamates (subject to hydrolysis) is 1. The number of hydrogen-bond donors (Lipinski definition) is 3. The number of ether oxygens (including phenoxy) is 2. The van der Waals surface area contributed by atoms with Crippen LogP contribution in [0.4, 0.5) is 4.79 Å². The lowest BCUT2D eigenvalue weighted by Crippen LogP contribution is -2.46. The Morgan fingerprint density at radius 1 is 1.09 bits per heavy atom. The molecule has 0 rings (SSSR count). The number of hydrogen-bond acceptors (Lipinski definition) is 6. The molecule has 0 unspecified atom stereocenters. The molecule has 0 aromatic heterocycles. The van der Waals surface area contributed by atoms with Crippen LogP contribution in [-0.2, 0) is 19.1 Å². The van der Waals surface area contributed by atoms with Crippen molar-refractivity contribution in [2.24, 2.45) is 5.73 Å². The first-order valence-electron chi connectivity index (χ1n) is 7.20. The molecule has 0 saturated carbocycles. The van der Waals surface area contributed by atoms with Crippen molar-refractivity contribution in [3.63, 3.8) is 0 Å². The molecular formula is C14H27N3O5S. The molecule has 0 aromatic carbocycles. The Labute approximate surface area is 142 Å². The molecule has 1 atom stereocenters. The summed E-state index contributed by atoms with van der Waals surface area (Å²) in [4.78, 5) is 29.0. The van der Waals surface area contributed by atoms with E-state index in [1.54, 1.807) is 41.5 Å². The number of carbonyl (C=O) groups excluding carboxylic acids is 2. The van der Waals surface area contributed by atoms with Crippen molar-refractivity contribution in [2.75, 3.05) is 6.61 Å². The minimum Gasteiger partial charge on any atom is -0.458 e. The van der Waals surface area contributed by atoms with Crippen LogP contribution in [0.15, 0.2) is 0 Å². The number of esters is 1. The molecule has 0 saturated heterocycles. The van der Waals surface area contributed by atoms with Crippen LogP contribution in [0, 0.1) is 0 Å². The minimum absolute atomic E-state index is 0.0288. The van der Waals surface area contributed by atoms with Gasteiger partial charge in [-0.05, 0) is 53.8 Å². The zero-order chi connectivity index (χ0) is 18.3. The van der Waals surface area contributed by atoms with E-state index >= 15 is 0 Å². The molecule has 134 valence electrons. The Kier molecular flexibility index (Phi) is 8.25. The van der Waals surface area contributed by atoms with E-state index in [0.29, 0.717) is 0 Å². The predicted molar refractivity (Wildman–Crippen MR) is 89.5 cm³/mol. The maximum atomic E-state index is 12.2. The van der Waals surface area contributed by atoms with Crippen LogP contribution >= 0.6 is 12.2 Å². The van der Waals surface area contributed by atoms with E-state index in [0.717, 1.165) is 0 Å². The van der Waals surface area contributed by atoms with E-state index in [2.05, 4.69) is 23.0 Å². The van der Waals surface area contributed by atoms with E-state index in [4.69, 9.17) is 20.0 Å². The molecular weight excluding hydrogens is 322 g/mol. The number of rotatable bonds is 6. The first-order valence-corrected chi connectivity index (χ1v) is 7.60. The lowest BCUT2D eigenvalue weighted by molar-refractivity contribution is -0.158. The molecule has 23 heavy (non-hydrogen) atoms. The highest BCUT2D eigenvalue weighted by atomic mass is 32.1. The van der Waals surface area contributed by atoms with Crippen LogP contribution < -0.4 is 16.5 Å². The molecule has 4 N–H and O–H groups in total. The molecule has 0 aliphatic carbocycles. The summed E-state index contributed by atoms with van der Waals surface area (Å²) in [6.45, 7) is 10.5. The van der Waals surface area contributed by atoms with E-state index in [1.807, 2.05) is 0 Å². The number of hydroxylamine groups is 1. The Hall–Kier alpha value is -1.61. The first-order chi connectivity index (χ1) is 10.3. The van der Waals surface area contributed by atoms with Gasteiger partial charge in [0.25, 0.3) is 0 Å². The third kappa shape index (κ3) is 12.6. The third-order valence-corrected chi connectivity index (χ3v) is 2.15. The van der Waals surface area contributed by atoms with Gasteiger partial charge in [-0.15, -0.1) is 0 Å². The zero-order valence-electron chi connectivity index (χ0n) is 14.5. The summed E-state index contributed by atoms with van der Waals surface area (Å²) in [7, 11) is 0. The summed E-state index contributed by atoms with van der Waals surface area (Å²) in [6, 6.07) is -0.919. The van der Waals surface area contributed by atoms with Gasteiger partial charge >= 0.3 is 12.1 Å². The van der Waals surface area contributed by atoms with Gasteiger partial charge in [-0.2, -0.15) is 0 Å². The Morgan fingerprint density at radius 3 is 2.04 bits per heavy atom. The average Bonchev–Trinajstić information content (AvgIpc) is 2.27. The van der Waals surface area contributed by atoms with Gasteiger partial charge in [-0.25, -0.2) is 15.1 Å². The second-order valence-electron chi connectivity index (χ2n) is 6.84. The summed E-state index contributed by atoms with van der Waals surface area (Å²) in [5.74, 6) is -0.581. The highest BCUT2D eigenvalue weighted by Crippen LogP contribution is 2.11. The predicted octanol–water partition coefficient (Wildman–Crippen LogP) is 1.38. The highest BCUT2D eigenvalue weighted by molar-refractivity contribution is 7.80. The topological polar surface area (TPSA) is 112 Å². The number of thiocarbonyl (C=S) groups is 1. The standard InChI is InChI=1S/C14H27N3O5S/c1-13(2,3)21-10(18)9(7-8-20-17-11(15)23)16-12(19)22-14(4,5)6/h9H,7-8H2,1-6H3,(H,16,19)(H3,15,17,23)/t9-/m0/s1. The minimum atomic E-state index is -0.919. The van der Waals surface area contributed by atoms with Crippen LogP contribution in [-0.4, -0.2) is 41.0 Å². The molecule has 9 heteroatoms. The Morgan fingerprint density at radius 2 is 1.61 bits per heavy atom. The quantitative estimate of drug-likeness (QED) is 0.285. The van der Waals surface area contributed by atoms with Crippen LogP contribution in [0.3, 0.4) is 0 Å². The van der Waals surface area contributed by atoms with E-state index in [-0.39, 0.29) is 18.1 Å². The fraction of sp³-hybridized carbons (Fsp3) is 0.786. The lowest BCUT2D eigenvalue weighted by atomic mass is 10.1. The number of amides is 1. The van der Waals surface area contributed by atoms with Gasteiger partial charge in [0.05, 0.1) is 6.61 Å². The number of carbonyl (C=O) groups is 2. The van der Waals surface area contributed by atoms with Gasteiger partial charge in [0.2, 0.25) is 0 Å². The summed E-state index contributed by atoms with van der Waals surface area (Å²) in [5, 5.41) is 2.45. The van der Waals surface area contributed by atoms with Crippen LogP contribution in [0.1, 0.15) is 48.0 Å². The Balaban J connectivity index is 4.69. The monoisotopic (exact) mass is 349 g/mol. The van der Waals surface area contributed by atoms with Gasteiger partial charge in [-0.1, -0.05) is 0 Å². The first kappa shape index (κ1) is 21.4. The van der Waals surface area contributed by atoms with Crippen molar-refractivity contribution in [3.8, 4) is 0 Å². The molecule has 0 heterocycles. The molecule has 0 aliphatic rings. The summed E-state index contributed by atoms with van der Waals surface area (Å²) < 4.78 is 10.4. The fourth-order valence-electron chi connectivity index (χ4n) is 1.37. The molecule has 0 bridgehead atoms. The summed E-state index contributed by atoms with van der Waals surface area (Å²) in [6.07, 6.45) is -0.556. The normalized spacial score (nSPS) is 13.0. The van der Waals surface area contributed by atoms with Gasteiger partial charge in [0.1, 0.15) is 17.2 Å². The average molecular weight is 349 g/mol. The molecule has 8 nitrogen and oxygen atoms in total. The second kappa shape index (κ2) is 8.88. The maximum Gasteiger partial charge on any atom is 0.408 e. The van der Waals surface area contributed by atoms with Crippen molar-refractivity contribution in [2.45, 2.75) is 65.2 Å². The van der Waals surface area contributed by atoms with Crippen molar-refractivity contribution < 1.29 is 23.9 Å². The summed E-state index contributed by atoms with van der Waals surface area (Å²) in [5.41, 5.74) is 6.16.